The molecule has 1 aromatic carbocycles. The van der Waals surface area contributed by atoms with Gasteiger partial charge in [0.1, 0.15) is 0 Å². The fraction of sp³-hybridized carbons (Fsp3) is 0.467. The van der Waals surface area contributed by atoms with E-state index in [4.69, 9.17) is 9.84 Å². The quantitative estimate of drug-likeness (QED) is 0.503. The van der Waals surface area contributed by atoms with Gasteiger partial charge in [-0.2, -0.15) is 0 Å². The van der Waals surface area contributed by atoms with Gasteiger partial charge in [-0.15, -0.1) is 0 Å². The molecule has 1 amide bonds. The van der Waals surface area contributed by atoms with Crippen LogP contribution in [0.1, 0.15) is 31.7 Å². The van der Waals surface area contributed by atoms with Gasteiger partial charge in [-0.25, -0.2) is 9.59 Å². The molecule has 0 bridgehead atoms. The Morgan fingerprint density at radius 3 is 2.52 bits per heavy atom. The molecule has 0 aliphatic heterocycles. The van der Waals surface area contributed by atoms with E-state index in [0.29, 0.717) is 12.8 Å². The molecule has 116 valence electrons. The van der Waals surface area contributed by atoms with E-state index in [1.807, 2.05) is 42.6 Å². The second kappa shape index (κ2) is 8.26. The summed E-state index contributed by atoms with van der Waals surface area (Å²) in [6.45, 7) is 2.13. The van der Waals surface area contributed by atoms with Gasteiger partial charge in [0.25, 0.3) is 0 Å². The number of amides is 1. The number of aryl methyl sites for hydroxylation is 1. The summed E-state index contributed by atoms with van der Waals surface area (Å²) in [5.74, 6) is -1.51. The van der Waals surface area contributed by atoms with Gasteiger partial charge in [0.15, 0.2) is 0 Å². The zero-order valence-electron chi connectivity index (χ0n) is 12.0. The van der Waals surface area contributed by atoms with Crippen LogP contribution in [-0.2, 0) is 16.0 Å². The van der Waals surface area contributed by atoms with Gasteiger partial charge in [0.2, 0.25) is 5.72 Å². The van der Waals surface area contributed by atoms with E-state index >= 15 is 0 Å². The van der Waals surface area contributed by atoms with Crippen LogP contribution in [0, 0.1) is 0 Å². The molecule has 0 saturated carbocycles. The summed E-state index contributed by atoms with van der Waals surface area (Å²) in [6.07, 6.45) is 0.781. The van der Waals surface area contributed by atoms with Crippen LogP contribution in [0.5, 0.6) is 0 Å². The number of unbranched alkanes of at least 4 members (excludes halogenated alkanes) is 1. The van der Waals surface area contributed by atoms with E-state index in [2.05, 4.69) is 0 Å². The third kappa shape index (κ3) is 5.83. The first-order chi connectivity index (χ1) is 9.98. The number of ether oxygens (including phenoxy) is 1. The van der Waals surface area contributed by atoms with Gasteiger partial charge in [-0.3, -0.25) is 5.32 Å². The van der Waals surface area contributed by atoms with Crippen molar-refractivity contribution < 1.29 is 24.5 Å². The molecule has 21 heavy (non-hydrogen) atoms. The molecular formula is C15H21NO5. The molecule has 1 unspecified atom stereocenters. The van der Waals surface area contributed by atoms with Gasteiger partial charge in [-0.05, 0) is 18.4 Å². The monoisotopic (exact) mass is 295 g/mol. The predicted octanol–water partition coefficient (Wildman–Crippen LogP) is 1.92. The van der Waals surface area contributed by atoms with E-state index in [9.17, 15) is 14.7 Å². The fourth-order valence-corrected chi connectivity index (χ4v) is 1.71. The Morgan fingerprint density at radius 2 is 1.95 bits per heavy atom. The highest BCUT2D eigenvalue weighted by Gasteiger charge is 2.37. The number of aliphatic carboxylic acids is 1. The molecular weight excluding hydrogens is 274 g/mol. The molecule has 0 aliphatic rings. The van der Waals surface area contributed by atoms with Crippen molar-refractivity contribution in [2.24, 2.45) is 0 Å². The SMILES string of the molecule is CCCCOC(=O)NC(O)(CCc1ccccc1)C(=O)O. The third-order valence-electron chi connectivity index (χ3n) is 3.01. The Morgan fingerprint density at radius 1 is 1.29 bits per heavy atom. The average Bonchev–Trinajstić information content (AvgIpc) is 2.46. The molecule has 1 atom stereocenters. The van der Waals surface area contributed by atoms with Crippen LogP contribution < -0.4 is 5.32 Å². The molecule has 0 saturated heterocycles. The lowest BCUT2D eigenvalue weighted by molar-refractivity contribution is -0.162. The number of carbonyl (C=O) groups is 2. The highest BCUT2D eigenvalue weighted by molar-refractivity contribution is 5.82. The lowest BCUT2D eigenvalue weighted by Crippen LogP contribution is -2.55. The highest BCUT2D eigenvalue weighted by Crippen LogP contribution is 2.13. The minimum Gasteiger partial charge on any atom is -0.478 e. The Hall–Kier alpha value is -2.08. The number of carboxylic acid groups (broad SMARTS) is 1. The number of aliphatic hydroxyl groups is 1. The van der Waals surface area contributed by atoms with E-state index in [0.717, 1.165) is 12.0 Å². The molecule has 3 N–H and O–H groups in total. The molecule has 0 radical (unpaired) electrons. The zero-order chi connectivity index (χ0) is 15.7. The smallest absolute Gasteiger partial charge is 0.409 e. The Balaban J connectivity index is 2.57. The number of carbonyl (C=O) groups excluding carboxylic acids is 1. The van der Waals surface area contributed by atoms with Crippen molar-refractivity contribution in [3.05, 3.63) is 35.9 Å². The van der Waals surface area contributed by atoms with Crippen molar-refractivity contribution in [1.29, 1.82) is 0 Å². The number of benzene rings is 1. The number of carboxylic acids is 1. The summed E-state index contributed by atoms with van der Waals surface area (Å²) in [6, 6.07) is 9.13. The standard InChI is InChI=1S/C15H21NO5/c1-2-3-11-21-14(19)16-15(20,13(17)18)10-9-12-7-5-4-6-8-12/h4-8,20H,2-3,9-11H2,1H3,(H,16,19)(H,17,18). The maximum absolute atomic E-state index is 11.5. The van der Waals surface area contributed by atoms with Gasteiger partial charge >= 0.3 is 12.1 Å². The largest absolute Gasteiger partial charge is 0.478 e. The minimum absolute atomic E-state index is 0.144. The minimum atomic E-state index is -2.33. The van der Waals surface area contributed by atoms with Gasteiger partial charge in [-0.1, -0.05) is 43.7 Å². The summed E-state index contributed by atoms with van der Waals surface area (Å²) >= 11 is 0. The Labute approximate surface area is 123 Å². The second-order valence-electron chi connectivity index (χ2n) is 4.77. The summed E-state index contributed by atoms with van der Waals surface area (Å²) in [5, 5.41) is 21.2. The van der Waals surface area contributed by atoms with Gasteiger partial charge in [0.05, 0.1) is 6.61 Å². The van der Waals surface area contributed by atoms with E-state index in [1.54, 1.807) is 0 Å². The maximum Gasteiger partial charge on any atom is 0.409 e. The topological polar surface area (TPSA) is 95.9 Å². The number of rotatable bonds is 8. The number of hydrogen-bond acceptors (Lipinski definition) is 4. The van der Waals surface area contributed by atoms with Crippen molar-refractivity contribution in [3.63, 3.8) is 0 Å². The molecule has 1 rings (SSSR count). The fourth-order valence-electron chi connectivity index (χ4n) is 1.71. The molecule has 6 heteroatoms. The third-order valence-corrected chi connectivity index (χ3v) is 3.01. The first kappa shape index (κ1) is 17.0. The molecule has 1 aromatic rings. The van der Waals surface area contributed by atoms with E-state index in [1.165, 1.54) is 0 Å². The Bertz CT molecular complexity index is 462. The lowest BCUT2D eigenvalue weighted by Gasteiger charge is -2.24. The molecule has 0 aromatic heterocycles. The highest BCUT2D eigenvalue weighted by atomic mass is 16.6. The summed E-state index contributed by atoms with van der Waals surface area (Å²) in [4.78, 5) is 22.7. The van der Waals surface area contributed by atoms with Crippen LogP contribution >= 0.6 is 0 Å². The van der Waals surface area contributed by atoms with Crippen LogP contribution in [0.4, 0.5) is 4.79 Å². The van der Waals surface area contributed by atoms with Crippen molar-refractivity contribution in [2.75, 3.05) is 6.61 Å². The molecule has 0 fully saturated rings. The normalized spacial score (nSPS) is 13.2. The Kier molecular flexibility index (Phi) is 6.68. The van der Waals surface area contributed by atoms with Crippen molar-refractivity contribution >= 4 is 12.1 Å². The van der Waals surface area contributed by atoms with Crippen LogP contribution in [-0.4, -0.2) is 34.6 Å². The van der Waals surface area contributed by atoms with Crippen molar-refractivity contribution in [2.45, 2.75) is 38.3 Å². The van der Waals surface area contributed by atoms with Crippen LogP contribution in [0.25, 0.3) is 0 Å². The summed E-state index contributed by atoms with van der Waals surface area (Å²) < 4.78 is 4.81. The number of hydrogen-bond donors (Lipinski definition) is 3. The average molecular weight is 295 g/mol. The molecule has 6 nitrogen and oxygen atoms in total. The van der Waals surface area contributed by atoms with Crippen LogP contribution in [0.2, 0.25) is 0 Å². The second-order valence-corrected chi connectivity index (χ2v) is 4.77. The molecule has 0 aliphatic carbocycles. The molecule has 0 spiro atoms. The van der Waals surface area contributed by atoms with Crippen LogP contribution in [0.3, 0.4) is 0 Å². The van der Waals surface area contributed by atoms with Crippen molar-refractivity contribution in [3.8, 4) is 0 Å². The van der Waals surface area contributed by atoms with Crippen LogP contribution in [0.15, 0.2) is 30.3 Å². The summed E-state index contributed by atoms with van der Waals surface area (Å²) in [7, 11) is 0. The van der Waals surface area contributed by atoms with Gasteiger partial charge in [0, 0.05) is 6.42 Å². The van der Waals surface area contributed by atoms with E-state index in [-0.39, 0.29) is 13.0 Å². The first-order valence-electron chi connectivity index (χ1n) is 6.92. The van der Waals surface area contributed by atoms with Gasteiger partial charge < -0.3 is 14.9 Å². The maximum atomic E-state index is 11.5. The number of nitrogens with one attached hydrogen (secondary N) is 1. The lowest BCUT2D eigenvalue weighted by atomic mass is 10.0. The summed E-state index contributed by atoms with van der Waals surface area (Å²) in [5.41, 5.74) is -1.46. The number of alkyl carbamates (subject to hydrolysis) is 1. The zero-order valence-corrected chi connectivity index (χ0v) is 12.0. The first-order valence-corrected chi connectivity index (χ1v) is 6.92. The molecule has 0 heterocycles. The predicted molar refractivity (Wildman–Crippen MR) is 76.7 cm³/mol. The van der Waals surface area contributed by atoms with E-state index < -0.39 is 17.8 Å². The van der Waals surface area contributed by atoms with Crippen molar-refractivity contribution in [1.82, 2.24) is 5.32 Å².